The summed E-state index contributed by atoms with van der Waals surface area (Å²) in [6.07, 6.45) is 1.18. The van der Waals surface area contributed by atoms with Gasteiger partial charge in [-0.3, -0.25) is 9.78 Å². The summed E-state index contributed by atoms with van der Waals surface area (Å²) in [6.45, 7) is 5.92. The predicted molar refractivity (Wildman–Crippen MR) is 63.0 cm³/mol. The molecule has 1 amide bonds. The summed E-state index contributed by atoms with van der Waals surface area (Å²) in [4.78, 5) is 26.1. The van der Waals surface area contributed by atoms with Gasteiger partial charge in [0.25, 0.3) is 5.91 Å². The highest BCUT2D eigenvalue weighted by atomic mass is 16.4. The van der Waals surface area contributed by atoms with E-state index in [-0.39, 0.29) is 23.2 Å². The molecule has 1 rings (SSSR count). The second-order valence-corrected chi connectivity index (χ2v) is 4.24. The van der Waals surface area contributed by atoms with E-state index in [1.54, 1.807) is 0 Å². The van der Waals surface area contributed by atoms with Gasteiger partial charge < -0.3 is 10.4 Å². The number of carboxylic acid groups (broad SMARTS) is 1. The van der Waals surface area contributed by atoms with E-state index in [0.717, 1.165) is 0 Å². The molecule has 0 aromatic carbocycles. The van der Waals surface area contributed by atoms with Crippen molar-refractivity contribution in [1.82, 2.24) is 10.3 Å². The standard InChI is InChI=1S/C12H16N2O3/c1-7(2)8(3)14-11(15)10-5-4-9(6-13-10)12(16)17/h4-8H,1-3H3,(H,14,15)(H,16,17). The van der Waals surface area contributed by atoms with Crippen LogP contribution >= 0.6 is 0 Å². The highest BCUT2D eigenvalue weighted by molar-refractivity contribution is 5.93. The molecule has 0 saturated heterocycles. The summed E-state index contributed by atoms with van der Waals surface area (Å²) in [5.41, 5.74) is 0.293. The molecule has 0 spiro atoms. The van der Waals surface area contributed by atoms with Gasteiger partial charge in [-0.05, 0) is 25.0 Å². The molecule has 1 atom stereocenters. The van der Waals surface area contributed by atoms with E-state index in [4.69, 9.17) is 5.11 Å². The Morgan fingerprint density at radius 1 is 1.29 bits per heavy atom. The summed E-state index contributed by atoms with van der Waals surface area (Å²) in [5.74, 6) is -1.01. The van der Waals surface area contributed by atoms with Crippen molar-refractivity contribution in [3.63, 3.8) is 0 Å². The van der Waals surface area contributed by atoms with E-state index in [9.17, 15) is 9.59 Å². The van der Waals surface area contributed by atoms with Crippen molar-refractivity contribution < 1.29 is 14.7 Å². The van der Waals surface area contributed by atoms with E-state index in [0.29, 0.717) is 5.92 Å². The van der Waals surface area contributed by atoms with Gasteiger partial charge in [0, 0.05) is 12.2 Å². The van der Waals surface area contributed by atoms with Gasteiger partial charge in [0.15, 0.2) is 0 Å². The van der Waals surface area contributed by atoms with Gasteiger partial charge in [0.05, 0.1) is 5.56 Å². The first kappa shape index (κ1) is 13.2. The lowest BCUT2D eigenvalue weighted by atomic mass is 10.1. The number of hydrogen-bond donors (Lipinski definition) is 2. The van der Waals surface area contributed by atoms with Gasteiger partial charge in [-0.15, -0.1) is 0 Å². The van der Waals surface area contributed by atoms with E-state index in [1.165, 1.54) is 18.3 Å². The van der Waals surface area contributed by atoms with E-state index < -0.39 is 5.97 Å². The molecule has 1 unspecified atom stereocenters. The predicted octanol–water partition coefficient (Wildman–Crippen LogP) is 1.55. The number of aromatic carboxylic acids is 1. The van der Waals surface area contributed by atoms with Crippen LogP contribution in [-0.4, -0.2) is 28.0 Å². The summed E-state index contributed by atoms with van der Waals surface area (Å²) in [6, 6.07) is 2.82. The number of aromatic nitrogens is 1. The van der Waals surface area contributed by atoms with Crippen molar-refractivity contribution >= 4 is 11.9 Å². The average Bonchev–Trinajstić information content (AvgIpc) is 2.28. The van der Waals surface area contributed by atoms with E-state index in [1.807, 2.05) is 20.8 Å². The Kier molecular flexibility index (Phi) is 4.20. The van der Waals surface area contributed by atoms with Crippen LogP contribution < -0.4 is 5.32 Å². The summed E-state index contributed by atoms with van der Waals surface area (Å²) in [7, 11) is 0. The molecule has 0 aliphatic carbocycles. The molecule has 0 saturated carbocycles. The van der Waals surface area contributed by atoms with Crippen LogP contribution in [0.1, 0.15) is 41.6 Å². The lowest BCUT2D eigenvalue weighted by Crippen LogP contribution is -2.36. The normalized spacial score (nSPS) is 12.2. The fourth-order valence-corrected chi connectivity index (χ4v) is 1.10. The number of nitrogens with zero attached hydrogens (tertiary/aromatic N) is 1. The number of carboxylic acids is 1. The SMILES string of the molecule is CC(C)C(C)NC(=O)c1ccc(C(=O)O)cn1. The first-order chi connectivity index (χ1) is 7.91. The lowest BCUT2D eigenvalue weighted by Gasteiger charge is -2.16. The second-order valence-electron chi connectivity index (χ2n) is 4.24. The van der Waals surface area contributed by atoms with Crippen LogP contribution in [0.4, 0.5) is 0 Å². The minimum absolute atomic E-state index is 0.0449. The zero-order chi connectivity index (χ0) is 13.0. The lowest BCUT2D eigenvalue weighted by molar-refractivity contribution is 0.0695. The van der Waals surface area contributed by atoms with Crippen LogP contribution in [-0.2, 0) is 0 Å². The van der Waals surface area contributed by atoms with Gasteiger partial charge in [-0.25, -0.2) is 4.79 Å². The highest BCUT2D eigenvalue weighted by Gasteiger charge is 2.14. The molecule has 1 aromatic heterocycles. The maximum absolute atomic E-state index is 11.7. The smallest absolute Gasteiger partial charge is 0.337 e. The van der Waals surface area contributed by atoms with Gasteiger partial charge in [0.1, 0.15) is 5.69 Å². The quantitative estimate of drug-likeness (QED) is 0.831. The molecule has 2 N–H and O–H groups in total. The monoisotopic (exact) mass is 236 g/mol. The van der Waals surface area contributed by atoms with Crippen LogP contribution in [0.25, 0.3) is 0 Å². The Hall–Kier alpha value is -1.91. The minimum atomic E-state index is -1.06. The van der Waals surface area contributed by atoms with Crippen molar-refractivity contribution in [1.29, 1.82) is 0 Å². The first-order valence-corrected chi connectivity index (χ1v) is 5.42. The number of carbonyl (C=O) groups excluding carboxylic acids is 1. The average molecular weight is 236 g/mol. The van der Waals surface area contributed by atoms with Crippen LogP contribution in [0.15, 0.2) is 18.3 Å². The van der Waals surface area contributed by atoms with Crippen molar-refractivity contribution in [2.24, 2.45) is 5.92 Å². The largest absolute Gasteiger partial charge is 0.478 e. The summed E-state index contributed by atoms with van der Waals surface area (Å²) in [5, 5.41) is 11.5. The Morgan fingerprint density at radius 2 is 1.94 bits per heavy atom. The Labute approximate surface area is 99.9 Å². The molecule has 5 heteroatoms. The molecule has 5 nitrogen and oxygen atoms in total. The second kappa shape index (κ2) is 5.43. The van der Waals surface area contributed by atoms with E-state index >= 15 is 0 Å². The summed E-state index contributed by atoms with van der Waals surface area (Å²) < 4.78 is 0. The van der Waals surface area contributed by atoms with Gasteiger partial charge >= 0.3 is 5.97 Å². The van der Waals surface area contributed by atoms with E-state index in [2.05, 4.69) is 10.3 Å². The van der Waals surface area contributed by atoms with Crippen molar-refractivity contribution in [2.45, 2.75) is 26.8 Å². The number of amides is 1. The molecule has 92 valence electrons. The van der Waals surface area contributed by atoms with Crippen LogP contribution in [0.5, 0.6) is 0 Å². The minimum Gasteiger partial charge on any atom is -0.478 e. The molecule has 0 fully saturated rings. The highest BCUT2D eigenvalue weighted by Crippen LogP contribution is 2.04. The first-order valence-electron chi connectivity index (χ1n) is 5.42. The molecule has 1 heterocycles. The molecule has 0 aliphatic rings. The maximum atomic E-state index is 11.7. The zero-order valence-electron chi connectivity index (χ0n) is 10.1. The van der Waals surface area contributed by atoms with Crippen LogP contribution in [0, 0.1) is 5.92 Å². The Morgan fingerprint density at radius 3 is 2.35 bits per heavy atom. The molecular weight excluding hydrogens is 220 g/mol. The third-order valence-corrected chi connectivity index (χ3v) is 2.60. The fraction of sp³-hybridized carbons (Fsp3) is 0.417. The number of nitrogens with one attached hydrogen (secondary N) is 1. The molecule has 0 radical (unpaired) electrons. The molecule has 1 aromatic rings. The number of carbonyl (C=O) groups is 2. The summed E-state index contributed by atoms with van der Waals surface area (Å²) >= 11 is 0. The van der Waals surface area contributed by atoms with Gasteiger partial charge in [-0.2, -0.15) is 0 Å². The maximum Gasteiger partial charge on any atom is 0.337 e. The number of rotatable bonds is 4. The Balaban J connectivity index is 2.73. The van der Waals surface area contributed by atoms with Gasteiger partial charge in [-0.1, -0.05) is 13.8 Å². The zero-order valence-corrected chi connectivity index (χ0v) is 10.1. The van der Waals surface area contributed by atoms with Crippen LogP contribution in [0.3, 0.4) is 0 Å². The van der Waals surface area contributed by atoms with Gasteiger partial charge in [0.2, 0.25) is 0 Å². The fourth-order valence-electron chi connectivity index (χ4n) is 1.10. The number of pyridine rings is 1. The molecule has 17 heavy (non-hydrogen) atoms. The Bertz CT molecular complexity index is 412. The molecule has 0 aliphatic heterocycles. The molecular formula is C12H16N2O3. The van der Waals surface area contributed by atoms with Crippen molar-refractivity contribution in [2.75, 3.05) is 0 Å². The molecule has 0 bridgehead atoms. The van der Waals surface area contributed by atoms with Crippen molar-refractivity contribution in [3.05, 3.63) is 29.6 Å². The van der Waals surface area contributed by atoms with Crippen molar-refractivity contribution in [3.8, 4) is 0 Å². The third kappa shape index (κ3) is 3.55. The topological polar surface area (TPSA) is 79.3 Å². The third-order valence-electron chi connectivity index (χ3n) is 2.60. The number of hydrogen-bond acceptors (Lipinski definition) is 3. The van der Waals surface area contributed by atoms with Crippen LogP contribution in [0.2, 0.25) is 0 Å².